The average molecular weight is 279 g/mol. The minimum absolute atomic E-state index is 0.148. The first-order valence-electron chi connectivity index (χ1n) is 5.80. The van der Waals surface area contributed by atoms with Gasteiger partial charge in [0.25, 0.3) is 5.91 Å². The lowest BCUT2D eigenvalue weighted by molar-refractivity contribution is 0.0822. The fourth-order valence-corrected chi connectivity index (χ4v) is 1.92. The third kappa shape index (κ3) is 2.46. The van der Waals surface area contributed by atoms with Crippen LogP contribution < -0.4 is 0 Å². The second-order valence-corrected chi connectivity index (χ2v) is 4.86. The molecule has 0 atom stereocenters. The molecule has 0 unspecified atom stereocenters. The predicted molar refractivity (Wildman–Crippen MR) is 74.2 cm³/mol. The van der Waals surface area contributed by atoms with Gasteiger partial charge in [-0.05, 0) is 19.1 Å². The van der Waals surface area contributed by atoms with Crippen molar-refractivity contribution in [2.24, 2.45) is 7.05 Å². The Kier molecular flexibility index (Phi) is 3.57. The monoisotopic (exact) mass is 278 g/mol. The normalized spacial score (nSPS) is 10.6. The Morgan fingerprint density at radius 2 is 2.05 bits per heavy atom. The molecule has 0 aromatic carbocycles. The van der Waals surface area contributed by atoms with E-state index in [2.05, 4.69) is 10.1 Å². The van der Waals surface area contributed by atoms with E-state index < -0.39 is 0 Å². The fourth-order valence-electron chi connectivity index (χ4n) is 1.66. The number of amides is 1. The van der Waals surface area contributed by atoms with Crippen molar-refractivity contribution in [2.75, 3.05) is 14.1 Å². The van der Waals surface area contributed by atoms with E-state index in [1.165, 1.54) is 4.90 Å². The maximum absolute atomic E-state index is 11.9. The number of nitrogens with zero attached hydrogens (tertiary/aromatic N) is 4. The van der Waals surface area contributed by atoms with Crippen LogP contribution in [-0.2, 0) is 7.05 Å². The van der Waals surface area contributed by atoms with Crippen LogP contribution in [0.25, 0.3) is 11.4 Å². The Morgan fingerprint density at radius 1 is 1.37 bits per heavy atom. The van der Waals surface area contributed by atoms with E-state index >= 15 is 0 Å². The van der Waals surface area contributed by atoms with Crippen LogP contribution >= 0.6 is 11.6 Å². The molecule has 0 fully saturated rings. The summed E-state index contributed by atoms with van der Waals surface area (Å²) >= 11 is 6.22. The van der Waals surface area contributed by atoms with E-state index in [1.807, 2.05) is 14.0 Å². The molecule has 100 valence electrons. The molecule has 0 bridgehead atoms. The zero-order valence-electron chi connectivity index (χ0n) is 11.3. The summed E-state index contributed by atoms with van der Waals surface area (Å²) in [6, 6.07) is 5.25. The standard InChI is InChI=1S/C13H15ClN4O/c1-8-11(14)12(16-18(8)4)9-6-5-7-10(15-9)13(19)17(2)3/h5-7H,1-4H3. The van der Waals surface area contributed by atoms with Gasteiger partial charge in [0.1, 0.15) is 11.4 Å². The minimum atomic E-state index is -0.148. The van der Waals surface area contributed by atoms with Crippen molar-refractivity contribution in [1.82, 2.24) is 19.7 Å². The molecule has 0 saturated heterocycles. The van der Waals surface area contributed by atoms with E-state index in [1.54, 1.807) is 37.0 Å². The summed E-state index contributed by atoms with van der Waals surface area (Å²) < 4.78 is 1.69. The molecule has 2 aromatic heterocycles. The first kappa shape index (κ1) is 13.5. The SMILES string of the molecule is Cc1c(Cl)c(-c2cccc(C(=O)N(C)C)n2)nn1C. The minimum Gasteiger partial charge on any atom is -0.343 e. The zero-order chi connectivity index (χ0) is 14.2. The first-order valence-corrected chi connectivity index (χ1v) is 6.17. The van der Waals surface area contributed by atoms with Gasteiger partial charge < -0.3 is 4.90 Å². The van der Waals surface area contributed by atoms with Gasteiger partial charge in [-0.15, -0.1) is 0 Å². The number of hydrogen-bond donors (Lipinski definition) is 0. The third-order valence-corrected chi connectivity index (χ3v) is 3.33. The quantitative estimate of drug-likeness (QED) is 0.846. The number of carbonyl (C=O) groups is 1. The van der Waals surface area contributed by atoms with Gasteiger partial charge in [0, 0.05) is 21.1 Å². The molecule has 2 rings (SSSR count). The number of hydrogen-bond acceptors (Lipinski definition) is 3. The summed E-state index contributed by atoms with van der Waals surface area (Å²) in [5.41, 5.74) is 2.43. The lowest BCUT2D eigenvalue weighted by atomic mass is 10.2. The molecule has 6 heteroatoms. The van der Waals surface area contributed by atoms with Crippen molar-refractivity contribution in [3.05, 3.63) is 34.6 Å². The number of rotatable bonds is 2. The van der Waals surface area contributed by atoms with Gasteiger partial charge in [-0.25, -0.2) is 4.98 Å². The largest absolute Gasteiger partial charge is 0.343 e. The predicted octanol–water partition coefficient (Wildman–Crippen LogP) is 2.15. The summed E-state index contributed by atoms with van der Waals surface area (Å²) in [5.74, 6) is -0.148. The van der Waals surface area contributed by atoms with Gasteiger partial charge in [0.2, 0.25) is 0 Å². The van der Waals surface area contributed by atoms with E-state index in [-0.39, 0.29) is 5.91 Å². The highest BCUT2D eigenvalue weighted by molar-refractivity contribution is 6.33. The maximum atomic E-state index is 11.9. The summed E-state index contributed by atoms with van der Waals surface area (Å²) in [7, 11) is 5.20. The van der Waals surface area contributed by atoms with Crippen molar-refractivity contribution in [2.45, 2.75) is 6.92 Å². The Labute approximate surface area is 116 Å². The highest BCUT2D eigenvalue weighted by Gasteiger charge is 2.16. The van der Waals surface area contributed by atoms with Crippen molar-refractivity contribution < 1.29 is 4.79 Å². The van der Waals surface area contributed by atoms with Crippen LogP contribution in [0.2, 0.25) is 5.02 Å². The Bertz CT molecular complexity index is 634. The highest BCUT2D eigenvalue weighted by Crippen LogP contribution is 2.27. The molecule has 0 aliphatic heterocycles. The second kappa shape index (κ2) is 5.01. The van der Waals surface area contributed by atoms with E-state index in [4.69, 9.17) is 11.6 Å². The van der Waals surface area contributed by atoms with Gasteiger partial charge in [0.15, 0.2) is 0 Å². The van der Waals surface area contributed by atoms with Gasteiger partial charge in [-0.2, -0.15) is 5.10 Å². The summed E-state index contributed by atoms with van der Waals surface area (Å²) in [6.07, 6.45) is 0. The van der Waals surface area contributed by atoms with E-state index in [0.717, 1.165) is 5.69 Å². The zero-order valence-corrected chi connectivity index (χ0v) is 12.1. The molecule has 0 N–H and O–H groups in total. The Morgan fingerprint density at radius 3 is 2.58 bits per heavy atom. The Hall–Kier alpha value is -1.88. The van der Waals surface area contributed by atoms with E-state index in [0.29, 0.717) is 22.1 Å². The molecule has 0 radical (unpaired) electrons. The topological polar surface area (TPSA) is 51.0 Å². The number of halogens is 1. The second-order valence-electron chi connectivity index (χ2n) is 4.48. The smallest absolute Gasteiger partial charge is 0.271 e. The molecule has 0 aliphatic carbocycles. The van der Waals surface area contributed by atoms with Gasteiger partial charge >= 0.3 is 0 Å². The molecule has 2 heterocycles. The van der Waals surface area contributed by atoms with Crippen molar-refractivity contribution in [3.63, 3.8) is 0 Å². The van der Waals surface area contributed by atoms with Gasteiger partial charge in [0.05, 0.1) is 16.4 Å². The van der Waals surface area contributed by atoms with Crippen LogP contribution in [0.5, 0.6) is 0 Å². The molecule has 0 saturated carbocycles. The van der Waals surface area contributed by atoms with Crippen LogP contribution in [0.1, 0.15) is 16.2 Å². The van der Waals surface area contributed by atoms with Gasteiger partial charge in [-0.1, -0.05) is 17.7 Å². The maximum Gasteiger partial charge on any atom is 0.271 e. The summed E-state index contributed by atoms with van der Waals surface area (Å²) in [6.45, 7) is 1.88. The number of aryl methyl sites for hydroxylation is 1. The lowest BCUT2D eigenvalue weighted by Crippen LogP contribution is -2.22. The van der Waals surface area contributed by atoms with Crippen LogP contribution in [0.15, 0.2) is 18.2 Å². The number of pyridine rings is 1. The molecule has 5 nitrogen and oxygen atoms in total. The molecule has 19 heavy (non-hydrogen) atoms. The molecular weight excluding hydrogens is 264 g/mol. The molecule has 0 aliphatic rings. The number of aromatic nitrogens is 3. The van der Waals surface area contributed by atoms with Crippen LogP contribution in [0.4, 0.5) is 0 Å². The van der Waals surface area contributed by atoms with Crippen molar-refractivity contribution >= 4 is 17.5 Å². The van der Waals surface area contributed by atoms with Crippen molar-refractivity contribution in [3.8, 4) is 11.4 Å². The fraction of sp³-hybridized carbons (Fsp3) is 0.308. The molecule has 1 amide bonds. The molecule has 2 aromatic rings. The Balaban J connectivity index is 2.49. The first-order chi connectivity index (χ1) is 8.91. The van der Waals surface area contributed by atoms with Crippen LogP contribution in [0.3, 0.4) is 0 Å². The number of carbonyl (C=O) groups excluding carboxylic acids is 1. The summed E-state index contributed by atoms with van der Waals surface area (Å²) in [4.78, 5) is 17.7. The average Bonchev–Trinajstić information content (AvgIpc) is 2.65. The molecule has 0 spiro atoms. The van der Waals surface area contributed by atoms with Crippen LogP contribution in [-0.4, -0.2) is 39.7 Å². The molecular formula is C13H15ClN4O. The third-order valence-electron chi connectivity index (χ3n) is 2.88. The summed E-state index contributed by atoms with van der Waals surface area (Å²) in [5, 5.41) is 4.88. The van der Waals surface area contributed by atoms with Crippen LogP contribution in [0, 0.1) is 6.92 Å². The highest BCUT2D eigenvalue weighted by atomic mass is 35.5. The van der Waals surface area contributed by atoms with E-state index in [9.17, 15) is 4.79 Å². The lowest BCUT2D eigenvalue weighted by Gasteiger charge is -2.09. The van der Waals surface area contributed by atoms with Crippen molar-refractivity contribution in [1.29, 1.82) is 0 Å². The van der Waals surface area contributed by atoms with Gasteiger partial charge in [-0.3, -0.25) is 9.48 Å².